The quantitative estimate of drug-likeness (QED) is 0.468. The second kappa shape index (κ2) is 9.02. The number of carbonyl (C=O) groups excluding carboxylic acids is 1. The highest BCUT2D eigenvalue weighted by Gasteiger charge is 2.54. The van der Waals surface area contributed by atoms with E-state index in [9.17, 15) is 4.79 Å². The van der Waals surface area contributed by atoms with Gasteiger partial charge in [-0.1, -0.05) is 19.9 Å². The first-order valence-corrected chi connectivity index (χ1v) is 12.3. The molecule has 2 aromatic rings. The van der Waals surface area contributed by atoms with Crippen LogP contribution in [0.1, 0.15) is 55.5 Å². The van der Waals surface area contributed by atoms with Gasteiger partial charge >= 0.3 is 6.01 Å². The van der Waals surface area contributed by atoms with E-state index in [2.05, 4.69) is 44.7 Å². The molecule has 1 unspecified atom stereocenters. The average Bonchev–Trinajstić information content (AvgIpc) is 3.32. The van der Waals surface area contributed by atoms with Crippen molar-refractivity contribution in [3.05, 3.63) is 29.3 Å². The van der Waals surface area contributed by atoms with Crippen LogP contribution in [0.25, 0.3) is 0 Å². The second-order valence-electron chi connectivity index (χ2n) is 10.6. The first-order valence-electron chi connectivity index (χ1n) is 12.3. The molecular formula is C25H35N7O2. The zero-order valence-corrected chi connectivity index (χ0v) is 20.2. The SMILES string of the molecule is Cc1ccc(C(N)=O)cc1Nc1nc(N[C@@H]2CCNC2)nc(OC[C@H]2CCC3C[C@@H]2C3(C)C)n1. The third-order valence-corrected chi connectivity index (χ3v) is 8.20. The Hall–Kier alpha value is -2.94. The third-order valence-electron chi connectivity index (χ3n) is 8.20. The molecule has 182 valence electrons. The van der Waals surface area contributed by atoms with Crippen molar-refractivity contribution in [1.82, 2.24) is 20.3 Å². The fraction of sp³-hybridized carbons (Fsp3) is 0.600. The maximum atomic E-state index is 11.6. The number of carbonyl (C=O) groups is 1. The summed E-state index contributed by atoms with van der Waals surface area (Å²) >= 11 is 0. The van der Waals surface area contributed by atoms with Crippen molar-refractivity contribution < 1.29 is 9.53 Å². The standard InChI is InChI=1S/C25H35N7O2/c1-14-4-5-15(21(26)33)10-20(14)29-23-30-22(28-18-8-9-27-12-18)31-24(32-23)34-13-16-6-7-17-11-19(16)25(17,2)3/h4-5,10,16-19,27H,6-9,11-13H2,1-3H3,(H2,26,33)(H2,28,29,30,31,32)/t16-,17?,18-,19+/m1/s1. The first kappa shape index (κ1) is 22.8. The predicted octanol–water partition coefficient (Wildman–Crippen LogP) is 3.25. The smallest absolute Gasteiger partial charge is 0.323 e. The van der Waals surface area contributed by atoms with Crippen LogP contribution >= 0.6 is 0 Å². The molecule has 3 saturated carbocycles. The zero-order valence-electron chi connectivity index (χ0n) is 20.2. The van der Waals surface area contributed by atoms with Crippen molar-refractivity contribution in [2.75, 3.05) is 30.3 Å². The Kier molecular flexibility index (Phi) is 6.06. The molecule has 6 rings (SSSR count). The number of nitrogens with two attached hydrogens (primary N) is 1. The first-order chi connectivity index (χ1) is 16.3. The van der Waals surface area contributed by atoms with Crippen LogP contribution in [-0.2, 0) is 0 Å². The Morgan fingerprint density at radius 1 is 1.21 bits per heavy atom. The number of primary amides is 1. The molecule has 34 heavy (non-hydrogen) atoms. The Bertz CT molecular complexity index is 1070. The number of anilines is 3. The summed E-state index contributed by atoms with van der Waals surface area (Å²) < 4.78 is 6.18. The average molecular weight is 466 g/mol. The summed E-state index contributed by atoms with van der Waals surface area (Å²) in [5, 5.41) is 9.98. The van der Waals surface area contributed by atoms with E-state index >= 15 is 0 Å². The van der Waals surface area contributed by atoms with Gasteiger partial charge in [0.1, 0.15) is 0 Å². The number of aryl methyl sites for hydroxylation is 1. The van der Waals surface area contributed by atoms with Crippen LogP contribution in [0.3, 0.4) is 0 Å². The van der Waals surface area contributed by atoms with Crippen LogP contribution in [-0.4, -0.2) is 46.6 Å². The van der Waals surface area contributed by atoms with E-state index in [1.54, 1.807) is 12.1 Å². The number of fused-ring (bicyclic) bond motifs is 2. The minimum absolute atomic E-state index is 0.258. The summed E-state index contributed by atoms with van der Waals surface area (Å²) in [5.74, 6) is 2.46. The van der Waals surface area contributed by atoms with E-state index in [1.165, 1.54) is 19.3 Å². The summed E-state index contributed by atoms with van der Waals surface area (Å²) in [6.07, 6.45) is 4.79. The zero-order chi connectivity index (χ0) is 23.9. The molecule has 9 heteroatoms. The van der Waals surface area contributed by atoms with Gasteiger partial charge in [0.05, 0.1) is 6.61 Å². The molecule has 1 saturated heterocycles. The number of ether oxygens (including phenoxy) is 1. The molecular weight excluding hydrogens is 430 g/mol. The van der Waals surface area contributed by atoms with Gasteiger partial charge in [0, 0.05) is 23.8 Å². The number of nitrogens with zero attached hydrogens (tertiary/aromatic N) is 3. The molecule has 0 radical (unpaired) electrons. The second-order valence-corrected chi connectivity index (χ2v) is 10.6. The highest BCUT2D eigenvalue weighted by molar-refractivity contribution is 5.94. The molecule has 1 aromatic carbocycles. The van der Waals surface area contributed by atoms with Crippen molar-refractivity contribution in [3.63, 3.8) is 0 Å². The van der Waals surface area contributed by atoms with Gasteiger partial charge in [-0.3, -0.25) is 4.79 Å². The van der Waals surface area contributed by atoms with E-state index in [0.717, 1.165) is 36.7 Å². The molecule has 5 N–H and O–H groups in total. The van der Waals surface area contributed by atoms with Crippen molar-refractivity contribution in [2.24, 2.45) is 28.9 Å². The Morgan fingerprint density at radius 3 is 2.74 bits per heavy atom. The van der Waals surface area contributed by atoms with Crippen LogP contribution in [0.15, 0.2) is 18.2 Å². The highest BCUT2D eigenvalue weighted by atomic mass is 16.5. The van der Waals surface area contributed by atoms with E-state index in [1.807, 2.05) is 13.0 Å². The number of amides is 1. The molecule has 1 aliphatic heterocycles. The largest absolute Gasteiger partial charge is 0.463 e. The Balaban J connectivity index is 1.36. The van der Waals surface area contributed by atoms with Crippen LogP contribution in [0, 0.1) is 30.1 Å². The van der Waals surface area contributed by atoms with Crippen LogP contribution < -0.4 is 26.4 Å². The lowest BCUT2D eigenvalue weighted by atomic mass is 9.46. The molecule has 9 nitrogen and oxygen atoms in total. The number of benzene rings is 1. The van der Waals surface area contributed by atoms with Gasteiger partial charge < -0.3 is 26.4 Å². The van der Waals surface area contributed by atoms with E-state index in [4.69, 9.17) is 10.5 Å². The third kappa shape index (κ3) is 4.53. The molecule has 4 aliphatic rings. The molecule has 0 spiro atoms. The maximum Gasteiger partial charge on any atom is 0.323 e. The minimum atomic E-state index is -0.479. The lowest BCUT2D eigenvalue weighted by Crippen LogP contribution is -2.53. The van der Waals surface area contributed by atoms with Gasteiger partial charge in [-0.15, -0.1) is 0 Å². The fourth-order valence-corrected chi connectivity index (χ4v) is 5.88. The molecule has 1 aromatic heterocycles. The topological polar surface area (TPSA) is 127 Å². The van der Waals surface area contributed by atoms with Gasteiger partial charge in [0.25, 0.3) is 0 Å². The van der Waals surface area contributed by atoms with Crippen molar-refractivity contribution in [2.45, 2.75) is 52.5 Å². The normalized spacial score (nSPS) is 27.0. The van der Waals surface area contributed by atoms with Gasteiger partial charge in [-0.05, 0) is 80.0 Å². The predicted molar refractivity (Wildman–Crippen MR) is 131 cm³/mol. The molecule has 3 aliphatic carbocycles. The summed E-state index contributed by atoms with van der Waals surface area (Å²) in [7, 11) is 0. The highest BCUT2D eigenvalue weighted by Crippen LogP contribution is 2.61. The van der Waals surface area contributed by atoms with Crippen LogP contribution in [0.4, 0.5) is 17.6 Å². The van der Waals surface area contributed by atoms with E-state index < -0.39 is 5.91 Å². The summed E-state index contributed by atoms with van der Waals surface area (Å²) in [5.41, 5.74) is 7.96. The molecule has 4 atom stereocenters. The molecule has 2 heterocycles. The molecule has 2 bridgehead atoms. The minimum Gasteiger partial charge on any atom is -0.463 e. The van der Waals surface area contributed by atoms with Crippen molar-refractivity contribution >= 4 is 23.5 Å². The van der Waals surface area contributed by atoms with E-state index in [0.29, 0.717) is 47.3 Å². The number of nitrogens with one attached hydrogen (secondary N) is 3. The van der Waals surface area contributed by atoms with Crippen LogP contribution in [0.2, 0.25) is 0 Å². The number of aromatic nitrogens is 3. The maximum absolute atomic E-state index is 11.6. The lowest BCUT2D eigenvalue weighted by molar-refractivity contribution is -0.114. The van der Waals surface area contributed by atoms with Gasteiger partial charge in [0.15, 0.2) is 0 Å². The molecule has 1 amide bonds. The molecule has 4 fully saturated rings. The van der Waals surface area contributed by atoms with Gasteiger partial charge in [-0.25, -0.2) is 0 Å². The van der Waals surface area contributed by atoms with Crippen molar-refractivity contribution in [3.8, 4) is 6.01 Å². The Morgan fingerprint density at radius 2 is 2.03 bits per heavy atom. The lowest BCUT2D eigenvalue weighted by Gasteiger charge is -2.60. The summed E-state index contributed by atoms with van der Waals surface area (Å²) in [6, 6.07) is 5.85. The number of rotatable bonds is 8. The Labute approximate surface area is 200 Å². The van der Waals surface area contributed by atoms with Gasteiger partial charge in [-0.2, -0.15) is 15.0 Å². The monoisotopic (exact) mass is 465 g/mol. The summed E-state index contributed by atoms with van der Waals surface area (Å²) in [6.45, 7) is 9.18. The van der Waals surface area contributed by atoms with E-state index in [-0.39, 0.29) is 6.04 Å². The van der Waals surface area contributed by atoms with Crippen LogP contribution in [0.5, 0.6) is 6.01 Å². The van der Waals surface area contributed by atoms with Gasteiger partial charge in [0.2, 0.25) is 17.8 Å². The fourth-order valence-electron chi connectivity index (χ4n) is 5.88. The number of hydrogen-bond donors (Lipinski definition) is 4. The number of hydrogen-bond acceptors (Lipinski definition) is 8. The van der Waals surface area contributed by atoms with Crippen molar-refractivity contribution in [1.29, 1.82) is 0 Å². The summed E-state index contributed by atoms with van der Waals surface area (Å²) in [4.78, 5) is 25.3.